The highest BCUT2D eigenvalue weighted by Crippen LogP contribution is 2.39. The zero-order valence-corrected chi connectivity index (χ0v) is 12.6. The van der Waals surface area contributed by atoms with Gasteiger partial charge in [0.2, 0.25) is 0 Å². The molecule has 2 aromatic rings. The fraction of sp³-hybridized carbons (Fsp3) is 0.0769. The van der Waals surface area contributed by atoms with Gasteiger partial charge in [-0.1, -0.05) is 36.4 Å². The summed E-state index contributed by atoms with van der Waals surface area (Å²) in [6.45, 7) is 0. The average Bonchev–Trinajstić information content (AvgIpc) is 2.52. The predicted molar refractivity (Wildman–Crippen MR) is 75.1 cm³/mol. The van der Waals surface area contributed by atoms with Gasteiger partial charge in [0.1, 0.15) is 0 Å². The van der Waals surface area contributed by atoms with Crippen LogP contribution in [0.15, 0.2) is 58.3 Å². The predicted octanol–water partition coefficient (Wildman–Crippen LogP) is 1.61. The third-order valence-electron chi connectivity index (χ3n) is 3.16. The molecule has 0 atom stereocenters. The fourth-order valence-corrected chi connectivity index (χ4v) is 5.96. The molecule has 0 saturated carbocycles. The van der Waals surface area contributed by atoms with Crippen molar-refractivity contribution in [2.24, 2.45) is 0 Å². The summed E-state index contributed by atoms with van der Waals surface area (Å²) >= 11 is 0. The lowest BCUT2D eigenvalue weighted by Gasteiger charge is -2.17. The van der Waals surface area contributed by atoms with Gasteiger partial charge in [-0.3, -0.25) is 4.84 Å². The molecule has 0 aliphatic carbocycles. The van der Waals surface area contributed by atoms with Crippen molar-refractivity contribution in [2.45, 2.75) is 9.79 Å². The van der Waals surface area contributed by atoms with Gasteiger partial charge in [-0.25, -0.2) is 16.8 Å². The number of sulfonamides is 2. The second-order valence-corrected chi connectivity index (χ2v) is 8.02. The van der Waals surface area contributed by atoms with E-state index in [2.05, 4.69) is 4.84 Å². The van der Waals surface area contributed by atoms with Crippen LogP contribution in [0.2, 0.25) is 0 Å². The summed E-state index contributed by atoms with van der Waals surface area (Å²) in [6.07, 6.45) is 0. The standard InChI is InChI=1S/C13H11NO5S2/c1-19-14-20(15,16)12-8-4-2-6-10(12)11-7-3-5-9-13(11)21(14,17)18/h2-9H,1H3. The van der Waals surface area contributed by atoms with E-state index in [1.807, 2.05) is 0 Å². The molecule has 0 N–H and O–H groups in total. The van der Waals surface area contributed by atoms with Crippen molar-refractivity contribution >= 4 is 20.0 Å². The van der Waals surface area contributed by atoms with E-state index < -0.39 is 20.0 Å². The van der Waals surface area contributed by atoms with Crippen LogP contribution in [-0.2, 0) is 24.9 Å². The van der Waals surface area contributed by atoms with Crippen molar-refractivity contribution < 1.29 is 21.7 Å². The normalized spacial score (nSPS) is 19.3. The number of benzene rings is 2. The minimum atomic E-state index is -4.32. The molecule has 0 spiro atoms. The van der Waals surface area contributed by atoms with E-state index in [-0.39, 0.29) is 13.7 Å². The molecule has 0 radical (unpaired) electrons. The molecular formula is C13H11NO5S2. The van der Waals surface area contributed by atoms with Crippen LogP contribution >= 0.6 is 0 Å². The van der Waals surface area contributed by atoms with Gasteiger partial charge in [-0.05, 0) is 12.1 Å². The molecule has 0 amide bonds. The minimum Gasteiger partial charge on any atom is -0.273 e. The van der Waals surface area contributed by atoms with Gasteiger partial charge in [0, 0.05) is 15.0 Å². The molecular weight excluding hydrogens is 314 g/mol. The minimum absolute atomic E-state index is 0.0602. The van der Waals surface area contributed by atoms with E-state index in [0.717, 1.165) is 7.11 Å². The first-order valence-electron chi connectivity index (χ1n) is 5.94. The summed E-state index contributed by atoms with van der Waals surface area (Å²) in [6, 6.07) is 12.2. The summed E-state index contributed by atoms with van der Waals surface area (Å²) in [5.74, 6) is 0. The second kappa shape index (κ2) is 4.63. The molecule has 0 saturated heterocycles. The van der Waals surface area contributed by atoms with Crippen LogP contribution in [0, 0.1) is 0 Å². The molecule has 0 aromatic heterocycles. The van der Waals surface area contributed by atoms with Crippen molar-refractivity contribution in [3.05, 3.63) is 48.5 Å². The van der Waals surface area contributed by atoms with E-state index in [1.54, 1.807) is 24.3 Å². The van der Waals surface area contributed by atoms with Crippen LogP contribution in [-0.4, -0.2) is 27.8 Å². The zero-order chi connectivity index (χ0) is 15.3. The first-order valence-corrected chi connectivity index (χ1v) is 8.82. The monoisotopic (exact) mass is 325 g/mol. The Labute approximate surface area is 122 Å². The average molecular weight is 325 g/mol. The SMILES string of the molecule is CON1S(=O)(=O)c2ccccc2-c2ccccc2S1(=O)=O. The van der Waals surface area contributed by atoms with E-state index in [1.165, 1.54) is 24.3 Å². The molecule has 6 nitrogen and oxygen atoms in total. The second-order valence-electron chi connectivity index (χ2n) is 4.35. The van der Waals surface area contributed by atoms with Crippen molar-refractivity contribution in [1.82, 2.24) is 3.87 Å². The summed E-state index contributed by atoms with van der Waals surface area (Å²) in [4.78, 5) is 4.45. The molecule has 2 aromatic carbocycles. The lowest BCUT2D eigenvalue weighted by atomic mass is 10.1. The Morgan fingerprint density at radius 3 is 1.52 bits per heavy atom. The molecule has 0 unspecified atom stereocenters. The third kappa shape index (κ3) is 1.91. The van der Waals surface area contributed by atoms with Gasteiger partial charge in [-0.15, -0.1) is 0 Å². The highest BCUT2D eigenvalue weighted by atomic mass is 32.3. The lowest BCUT2D eigenvalue weighted by Crippen LogP contribution is -2.35. The van der Waals surface area contributed by atoms with Crippen molar-refractivity contribution in [3.8, 4) is 11.1 Å². The van der Waals surface area contributed by atoms with E-state index in [4.69, 9.17) is 0 Å². The quantitative estimate of drug-likeness (QED) is 0.795. The number of rotatable bonds is 1. The Bertz CT molecular complexity index is 844. The smallest absolute Gasteiger partial charge is 0.273 e. The van der Waals surface area contributed by atoms with Crippen molar-refractivity contribution in [2.75, 3.05) is 7.11 Å². The first-order chi connectivity index (χ1) is 9.90. The van der Waals surface area contributed by atoms with E-state index in [9.17, 15) is 16.8 Å². The highest BCUT2D eigenvalue weighted by Gasteiger charge is 2.43. The van der Waals surface area contributed by atoms with Gasteiger partial charge >= 0.3 is 0 Å². The number of hydrogen-bond donors (Lipinski definition) is 0. The van der Waals surface area contributed by atoms with Crippen LogP contribution in [0.1, 0.15) is 0 Å². The largest absolute Gasteiger partial charge is 0.279 e. The van der Waals surface area contributed by atoms with Crippen LogP contribution in [0.25, 0.3) is 11.1 Å². The fourth-order valence-electron chi connectivity index (χ4n) is 2.31. The van der Waals surface area contributed by atoms with Gasteiger partial charge in [-0.2, -0.15) is 0 Å². The Kier molecular flexibility index (Phi) is 3.14. The highest BCUT2D eigenvalue weighted by molar-refractivity contribution is 8.04. The van der Waals surface area contributed by atoms with Crippen molar-refractivity contribution in [3.63, 3.8) is 0 Å². The number of nitrogens with zero attached hydrogens (tertiary/aromatic N) is 1. The molecule has 1 heterocycles. The zero-order valence-electron chi connectivity index (χ0n) is 10.9. The van der Waals surface area contributed by atoms with E-state index >= 15 is 0 Å². The Morgan fingerprint density at radius 2 is 1.14 bits per heavy atom. The summed E-state index contributed by atoms with van der Waals surface area (Å²) < 4.78 is 50.3. The molecule has 0 bridgehead atoms. The Hall–Kier alpha value is -1.74. The Balaban J connectivity index is 2.55. The maximum Gasteiger partial charge on any atom is 0.279 e. The van der Waals surface area contributed by atoms with Crippen LogP contribution in [0.4, 0.5) is 0 Å². The summed E-state index contributed by atoms with van der Waals surface area (Å²) in [5.41, 5.74) is 0.660. The first kappa shape index (κ1) is 14.2. The molecule has 8 heteroatoms. The topological polar surface area (TPSA) is 80.8 Å². The van der Waals surface area contributed by atoms with Gasteiger partial charge in [0.05, 0.1) is 16.9 Å². The van der Waals surface area contributed by atoms with E-state index in [0.29, 0.717) is 11.1 Å². The molecule has 21 heavy (non-hydrogen) atoms. The number of fused-ring (bicyclic) bond motifs is 3. The molecule has 110 valence electrons. The molecule has 1 aliphatic rings. The molecule has 3 rings (SSSR count). The maximum atomic E-state index is 12.6. The molecule has 1 aliphatic heterocycles. The van der Waals surface area contributed by atoms with Gasteiger partial charge < -0.3 is 0 Å². The third-order valence-corrected chi connectivity index (χ3v) is 7.25. The Morgan fingerprint density at radius 1 is 0.762 bits per heavy atom. The molecule has 0 fully saturated rings. The van der Waals surface area contributed by atoms with Crippen molar-refractivity contribution in [1.29, 1.82) is 0 Å². The number of hydrogen-bond acceptors (Lipinski definition) is 5. The maximum absolute atomic E-state index is 12.6. The van der Waals surface area contributed by atoms with Crippen LogP contribution in [0.5, 0.6) is 0 Å². The van der Waals surface area contributed by atoms with Crippen LogP contribution < -0.4 is 0 Å². The van der Waals surface area contributed by atoms with Gasteiger partial charge in [0.15, 0.2) is 0 Å². The lowest BCUT2D eigenvalue weighted by molar-refractivity contribution is 0.0293. The van der Waals surface area contributed by atoms with Crippen LogP contribution in [0.3, 0.4) is 0 Å². The summed E-state index contributed by atoms with van der Waals surface area (Å²) in [5, 5.41) is 0. The summed E-state index contributed by atoms with van der Waals surface area (Å²) in [7, 11) is -7.64. The van der Waals surface area contributed by atoms with Gasteiger partial charge in [0.25, 0.3) is 20.0 Å².